The average molecular weight is 209 g/mol. The molecule has 0 aliphatic carbocycles. The van der Waals surface area contributed by atoms with E-state index in [4.69, 9.17) is 5.11 Å². The summed E-state index contributed by atoms with van der Waals surface area (Å²) in [5.41, 5.74) is 1.49. The molecule has 0 aromatic carbocycles. The van der Waals surface area contributed by atoms with Crippen molar-refractivity contribution in [3.05, 3.63) is 23.5 Å². The van der Waals surface area contributed by atoms with E-state index in [0.29, 0.717) is 17.5 Å². The molecule has 0 amide bonds. The fourth-order valence-corrected chi connectivity index (χ4v) is 1.57. The Morgan fingerprint density at radius 2 is 2.00 bits per heavy atom. The third-order valence-electron chi connectivity index (χ3n) is 2.37. The maximum absolute atomic E-state index is 11.0. The molecular formula is C12H19NO2. The topological polar surface area (TPSA) is 42.2 Å². The summed E-state index contributed by atoms with van der Waals surface area (Å²) in [5.74, 6) is -0.0189. The Kier molecular flexibility index (Phi) is 3.56. The molecule has 3 nitrogen and oxygen atoms in total. The Hall–Kier alpha value is -1.25. The van der Waals surface area contributed by atoms with Gasteiger partial charge in [0.2, 0.25) is 0 Å². The van der Waals surface area contributed by atoms with Crippen LogP contribution in [0.5, 0.6) is 0 Å². The molecule has 0 saturated carbocycles. The van der Waals surface area contributed by atoms with E-state index in [0.717, 1.165) is 12.1 Å². The second-order valence-corrected chi connectivity index (χ2v) is 4.66. The highest BCUT2D eigenvalue weighted by Crippen LogP contribution is 2.19. The number of rotatable bonds is 4. The highest BCUT2D eigenvalue weighted by atomic mass is 16.4. The molecule has 1 aromatic rings. The normalized spacial score (nSPS) is 11.3. The Balaban J connectivity index is 3.06. The first-order valence-corrected chi connectivity index (χ1v) is 5.35. The zero-order valence-corrected chi connectivity index (χ0v) is 9.82. The van der Waals surface area contributed by atoms with Gasteiger partial charge in [0.1, 0.15) is 5.69 Å². The van der Waals surface area contributed by atoms with Gasteiger partial charge >= 0.3 is 5.97 Å². The molecule has 15 heavy (non-hydrogen) atoms. The summed E-state index contributed by atoms with van der Waals surface area (Å²) in [5, 5.41) is 9.05. The summed E-state index contributed by atoms with van der Waals surface area (Å²) >= 11 is 0. The van der Waals surface area contributed by atoms with Gasteiger partial charge in [-0.15, -0.1) is 0 Å². The summed E-state index contributed by atoms with van der Waals surface area (Å²) in [4.78, 5) is 11.0. The van der Waals surface area contributed by atoms with Gasteiger partial charge in [0.25, 0.3) is 0 Å². The molecule has 0 aliphatic rings. The Morgan fingerprint density at radius 1 is 1.40 bits per heavy atom. The molecule has 1 N–H and O–H groups in total. The van der Waals surface area contributed by atoms with Crippen molar-refractivity contribution in [3.63, 3.8) is 0 Å². The van der Waals surface area contributed by atoms with Gasteiger partial charge in [0, 0.05) is 12.7 Å². The second kappa shape index (κ2) is 4.51. The number of aromatic carboxylic acids is 1. The molecule has 3 heteroatoms. The molecule has 0 spiro atoms. The highest BCUT2D eigenvalue weighted by molar-refractivity contribution is 5.86. The number of carboxylic acid groups (broad SMARTS) is 1. The smallest absolute Gasteiger partial charge is 0.352 e. The second-order valence-electron chi connectivity index (χ2n) is 4.66. The van der Waals surface area contributed by atoms with Crippen LogP contribution in [0.15, 0.2) is 12.3 Å². The third kappa shape index (κ3) is 2.85. The first-order chi connectivity index (χ1) is 6.91. The van der Waals surface area contributed by atoms with Crippen molar-refractivity contribution in [2.75, 3.05) is 0 Å². The van der Waals surface area contributed by atoms with Crippen LogP contribution in [-0.2, 0) is 6.54 Å². The fourth-order valence-electron chi connectivity index (χ4n) is 1.57. The molecule has 1 aromatic heterocycles. The lowest BCUT2D eigenvalue weighted by atomic mass is 10.1. The van der Waals surface area contributed by atoms with Gasteiger partial charge in [0.15, 0.2) is 0 Å². The van der Waals surface area contributed by atoms with E-state index < -0.39 is 5.97 Å². The minimum absolute atomic E-state index is 0.372. The summed E-state index contributed by atoms with van der Waals surface area (Å²) in [6.45, 7) is 9.07. The van der Waals surface area contributed by atoms with Gasteiger partial charge in [-0.3, -0.25) is 0 Å². The van der Waals surface area contributed by atoms with Crippen LogP contribution in [0.2, 0.25) is 0 Å². The van der Waals surface area contributed by atoms with E-state index in [-0.39, 0.29) is 0 Å². The summed E-state index contributed by atoms with van der Waals surface area (Å²) in [6, 6.07) is 1.77. The maximum Gasteiger partial charge on any atom is 0.352 e. The Morgan fingerprint density at radius 3 is 2.40 bits per heavy atom. The zero-order valence-electron chi connectivity index (χ0n) is 9.82. The molecule has 0 saturated heterocycles. The Labute approximate surface area is 90.7 Å². The van der Waals surface area contributed by atoms with Crippen LogP contribution >= 0.6 is 0 Å². The molecule has 1 heterocycles. The van der Waals surface area contributed by atoms with Gasteiger partial charge < -0.3 is 9.67 Å². The average Bonchev–Trinajstić information content (AvgIpc) is 2.46. The van der Waals surface area contributed by atoms with Crippen molar-refractivity contribution < 1.29 is 9.90 Å². The summed E-state index contributed by atoms with van der Waals surface area (Å²) in [7, 11) is 0. The van der Waals surface area contributed by atoms with E-state index in [2.05, 4.69) is 27.7 Å². The van der Waals surface area contributed by atoms with Gasteiger partial charge in [0.05, 0.1) is 0 Å². The molecule has 0 radical (unpaired) electrons. The standard InChI is InChI=1S/C12H19NO2/c1-8(2)6-13-7-10(9(3)4)5-11(13)12(14)15/h5,7-9H,6H2,1-4H3,(H,14,15). The summed E-state index contributed by atoms with van der Waals surface area (Å²) < 4.78 is 1.84. The van der Waals surface area contributed by atoms with Gasteiger partial charge in [-0.25, -0.2) is 4.79 Å². The van der Waals surface area contributed by atoms with E-state index in [1.165, 1.54) is 0 Å². The first-order valence-electron chi connectivity index (χ1n) is 5.35. The maximum atomic E-state index is 11.0. The molecule has 1 rings (SSSR count). The number of carbonyl (C=O) groups is 1. The lowest BCUT2D eigenvalue weighted by Crippen LogP contribution is -2.10. The number of hydrogen-bond donors (Lipinski definition) is 1. The molecule has 84 valence electrons. The lowest BCUT2D eigenvalue weighted by molar-refractivity contribution is 0.0684. The highest BCUT2D eigenvalue weighted by Gasteiger charge is 2.14. The van der Waals surface area contributed by atoms with E-state index in [1.807, 2.05) is 10.8 Å². The van der Waals surface area contributed by atoms with E-state index in [1.54, 1.807) is 6.07 Å². The molecule has 0 atom stereocenters. The molecule has 0 aliphatic heterocycles. The number of hydrogen-bond acceptors (Lipinski definition) is 1. The minimum Gasteiger partial charge on any atom is -0.477 e. The van der Waals surface area contributed by atoms with Crippen LogP contribution in [0, 0.1) is 5.92 Å². The first kappa shape index (κ1) is 11.8. The van der Waals surface area contributed by atoms with Crippen molar-refractivity contribution in [3.8, 4) is 0 Å². The van der Waals surface area contributed by atoms with Gasteiger partial charge in [-0.2, -0.15) is 0 Å². The van der Waals surface area contributed by atoms with Crippen LogP contribution in [-0.4, -0.2) is 15.6 Å². The molecular weight excluding hydrogens is 190 g/mol. The largest absolute Gasteiger partial charge is 0.477 e. The SMILES string of the molecule is CC(C)Cn1cc(C(C)C)cc1C(=O)O. The third-order valence-corrected chi connectivity index (χ3v) is 2.37. The van der Waals surface area contributed by atoms with Crippen LogP contribution < -0.4 is 0 Å². The fraction of sp³-hybridized carbons (Fsp3) is 0.583. The van der Waals surface area contributed by atoms with Crippen molar-refractivity contribution in [1.82, 2.24) is 4.57 Å². The lowest BCUT2D eigenvalue weighted by Gasteiger charge is -2.08. The predicted octanol–water partition coefficient (Wildman–Crippen LogP) is 2.97. The van der Waals surface area contributed by atoms with Crippen molar-refractivity contribution >= 4 is 5.97 Å². The molecule has 0 unspecified atom stereocenters. The Bertz CT molecular complexity index is 351. The monoisotopic (exact) mass is 209 g/mol. The van der Waals surface area contributed by atoms with Gasteiger partial charge in [-0.05, 0) is 23.5 Å². The van der Waals surface area contributed by atoms with Crippen molar-refractivity contribution in [2.24, 2.45) is 5.92 Å². The number of nitrogens with zero attached hydrogens (tertiary/aromatic N) is 1. The van der Waals surface area contributed by atoms with Crippen LogP contribution in [0.25, 0.3) is 0 Å². The van der Waals surface area contributed by atoms with Crippen LogP contribution in [0.4, 0.5) is 0 Å². The summed E-state index contributed by atoms with van der Waals surface area (Å²) in [6.07, 6.45) is 1.95. The van der Waals surface area contributed by atoms with Gasteiger partial charge in [-0.1, -0.05) is 27.7 Å². The van der Waals surface area contributed by atoms with Crippen molar-refractivity contribution in [2.45, 2.75) is 40.2 Å². The number of aromatic nitrogens is 1. The van der Waals surface area contributed by atoms with E-state index in [9.17, 15) is 4.79 Å². The minimum atomic E-state index is -0.845. The van der Waals surface area contributed by atoms with Crippen molar-refractivity contribution in [1.29, 1.82) is 0 Å². The molecule has 0 bridgehead atoms. The van der Waals surface area contributed by atoms with Crippen LogP contribution in [0.1, 0.15) is 49.7 Å². The zero-order chi connectivity index (χ0) is 11.6. The number of carboxylic acids is 1. The predicted molar refractivity (Wildman–Crippen MR) is 60.3 cm³/mol. The van der Waals surface area contributed by atoms with E-state index >= 15 is 0 Å². The molecule has 0 fully saturated rings. The van der Waals surface area contributed by atoms with Crippen LogP contribution in [0.3, 0.4) is 0 Å². The quantitative estimate of drug-likeness (QED) is 0.828.